The molecule has 0 amide bonds. The number of rotatable bonds is 6. The number of hydrogen-bond donors (Lipinski definition) is 1. The van der Waals surface area contributed by atoms with Crippen molar-refractivity contribution in [3.63, 3.8) is 0 Å². The number of halogens is 1. The average molecular weight is 278 g/mol. The molecule has 19 heavy (non-hydrogen) atoms. The largest absolute Gasteiger partial charge is 0.477 e. The van der Waals surface area contributed by atoms with Gasteiger partial charge in [-0.15, -0.1) is 11.6 Å². The summed E-state index contributed by atoms with van der Waals surface area (Å²) in [5, 5.41) is 3.19. The lowest BCUT2D eigenvalue weighted by atomic mass is 10.1. The van der Waals surface area contributed by atoms with E-state index in [1.807, 2.05) is 31.2 Å². The Kier molecular flexibility index (Phi) is 4.98. The van der Waals surface area contributed by atoms with Crippen LogP contribution in [0.4, 0.5) is 11.5 Å². The molecule has 0 fully saturated rings. The van der Waals surface area contributed by atoms with E-state index in [1.165, 1.54) is 5.56 Å². The van der Waals surface area contributed by atoms with Gasteiger partial charge in [-0.1, -0.05) is 12.1 Å². The summed E-state index contributed by atoms with van der Waals surface area (Å²) in [5.41, 5.74) is 2.18. The lowest BCUT2D eigenvalue weighted by Crippen LogP contribution is -1.99. The highest BCUT2D eigenvalue weighted by Gasteiger charge is 2.00. The number of hydrogen-bond acceptors (Lipinski definition) is 4. The van der Waals surface area contributed by atoms with Crippen LogP contribution < -0.4 is 10.1 Å². The summed E-state index contributed by atoms with van der Waals surface area (Å²) in [6.07, 6.45) is 4.13. The van der Waals surface area contributed by atoms with Crippen molar-refractivity contribution in [2.75, 3.05) is 17.8 Å². The van der Waals surface area contributed by atoms with Gasteiger partial charge in [-0.25, -0.2) is 0 Å². The van der Waals surface area contributed by atoms with Crippen molar-refractivity contribution in [2.45, 2.75) is 13.3 Å². The number of nitrogens with one attached hydrogen (secondary N) is 1. The average Bonchev–Trinajstić information content (AvgIpc) is 2.42. The minimum atomic E-state index is 0.520. The second-order valence-corrected chi connectivity index (χ2v) is 4.31. The Morgan fingerprint density at radius 1 is 1.21 bits per heavy atom. The summed E-state index contributed by atoms with van der Waals surface area (Å²) in [6, 6.07) is 8.09. The monoisotopic (exact) mass is 277 g/mol. The summed E-state index contributed by atoms with van der Waals surface area (Å²) >= 11 is 5.70. The molecule has 0 saturated heterocycles. The predicted octanol–water partition coefficient (Wildman–Crippen LogP) is 3.40. The molecule has 0 saturated carbocycles. The molecule has 0 aliphatic heterocycles. The SMILES string of the molecule is CCOc1cncc(Nc2ccc(CCCl)cc2)n1. The van der Waals surface area contributed by atoms with Gasteiger partial charge in [-0.2, -0.15) is 4.98 Å². The maximum atomic E-state index is 5.70. The van der Waals surface area contributed by atoms with Gasteiger partial charge in [0.15, 0.2) is 5.82 Å². The first-order valence-corrected chi connectivity index (χ1v) is 6.72. The van der Waals surface area contributed by atoms with Crippen molar-refractivity contribution in [3.8, 4) is 5.88 Å². The minimum absolute atomic E-state index is 0.520. The van der Waals surface area contributed by atoms with Gasteiger partial charge in [-0.3, -0.25) is 4.98 Å². The summed E-state index contributed by atoms with van der Waals surface area (Å²) in [5.74, 6) is 1.82. The van der Waals surface area contributed by atoms with E-state index in [1.54, 1.807) is 12.4 Å². The number of ether oxygens (including phenoxy) is 1. The van der Waals surface area contributed by atoms with Gasteiger partial charge in [0, 0.05) is 11.6 Å². The van der Waals surface area contributed by atoms with E-state index in [2.05, 4.69) is 15.3 Å². The maximum absolute atomic E-state index is 5.70. The lowest BCUT2D eigenvalue weighted by Gasteiger charge is -2.07. The Morgan fingerprint density at radius 2 is 2.00 bits per heavy atom. The van der Waals surface area contributed by atoms with Gasteiger partial charge in [-0.05, 0) is 31.0 Å². The van der Waals surface area contributed by atoms with Gasteiger partial charge >= 0.3 is 0 Å². The Bertz CT molecular complexity index is 516. The maximum Gasteiger partial charge on any atom is 0.234 e. The van der Waals surface area contributed by atoms with Crippen molar-refractivity contribution in [2.24, 2.45) is 0 Å². The van der Waals surface area contributed by atoms with E-state index in [0.717, 1.165) is 12.1 Å². The zero-order valence-electron chi connectivity index (χ0n) is 10.8. The van der Waals surface area contributed by atoms with E-state index < -0.39 is 0 Å². The number of alkyl halides is 1. The number of aryl methyl sites for hydroxylation is 1. The summed E-state index contributed by atoms with van der Waals surface area (Å²) in [7, 11) is 0. The summed E-state index contributed by atoms with van der Waals surface area (Å²) < 4.78 is 5.31. The fourth-order valence-electron chi connectivity index (χ4n) is 1.64. The number of benzene rings is 1. The van der Waals surface area contributed by atoms with Gasteiger partial charge in [0.2, 0.25) is 5.88 Å². The van der Waals surface area contributed by atoms with Crippen LogP contribution in [-0.4, -0.2) is 22.5 Å². The molecule has 2 aromatic rings. The molecule has 0 aliphatic carbocycles. The van der Waals surface area contributed by atoms with Crippen LogP contribution in [0.3, 0.4) is 0 Å². The normalized spacial score (nSPS) is 10.2. The second kappa shape index (κ2) is 6.95. The van der Waals surface area contributed by atoms with Crippen molar-refractivity contribution in [1.29, 1.82) is 0 Å². The molecule has 1 heterocycles. The van der Waals surface area contributed by atoms with Gasteiger partial charge in [0.1, 0.15) is 0 Å². The molecule has 1 aromatic carbocycles. The molecule has 4 nitrogen and oxygen atoms in total. The molecule has 2 rings (SSSR count). The third-order valence-corrected chi connectivity index (χ3v) is 2.70. The first-order valence-electron chi connectivity index (χ1n) is 6.18. The molecule has 100 valence electrons. The molecule has 0 atom stereocenters. The topological polar surface area (TPSA) is 47.0 Å². The van der Waals surface area contributed by atoms with Crippen molar-refractivity contribution >= 4 is 23.1 Å². The standard InChI is InChI=1S/C14H16ClN3O/c1-2-19-14-10-16-9-13(18-14)17-12-5-3-11(4-6-12)7-8-15/h3-6,9-10H,2,7-8H2,1H3,(H,17,18). The van der Waals surface area contributed by atoms with Crippen LogP contribution in [-0.2, 0) is 6.42 Å². The Morgan fingerprint density at radius 3 is 2.68 bits per heavy atom. The molecule has 0 bridgehead atoms. The van der Waals surface area contributed by atoms with Crippen LogP contribution in [0.15, 0.2) is 36.7 Å². The smallest absolute Gasteiger partial charge is 0.234 e. The van der Waals surface area contributed by atoms with E-state index >= 15 is 0 Å². The highest BCUT2D eigenvalue weighted by molar-refractivity contribution is 6.17. The Balaban J connectivity index is 2.05. The Hall–Kier alpha value is -1.81. The molecule has 5 heteroatoms. The minimum Gasteiger partial charge on any atom is -0.477 e. The fraction of sp³-hybridized carbons (Fsp3) is 0.286. The molecule has 1 aromatic heterocycles. The van der Waals surface area contributed by atoms with Crippen LogP contribution in [0.2, 0.25) is 0 Å². The molecular formula is C14H16ClN3O. The van der Waals surface area contributed by atoms with Crippen molar-refractivity contribution in [3.05, 3.63) is 42.2 Å². The number of nitrogens with zero attached hydrogens (tertiary/aromatic N) is 2. The second-order valence-electron chi connectivity index (χ2n) is 3.94. The molecular weight excluding hydrogens is 262 g/mol. The third kappa shape index (κ3) is 4.10. The van der Waals surface area contributed by atoms with E-state index in [4.69, 9.17) is 16.3 Å². The first-order chi connectivity index (χ1) is 9.31. The van der Waals surface area contributed by atoms with Crippen LogP contribution in [0, 0.1) is 0 Å². The molecule has 0 aliphatic rings. The van der Waals surface area contributed by atoms with Gasteiger partial charge in [0.25, 0.3) is 0 Å². The van der Waals surface area contributed by atoms with Crippen molar-refractivity contribution in [1.82, 2.24) is 9.97 Å². The van der Waals surface area contributed by atoms with Crippen molar-refractivity contribution < 1.29 is 4.74 Å². The van der Waals surface area contributed by atoms with Gasteiger partial charge < -0.3 is 10.1 Å². The van der Waals surface area contributed by atoms with E-state index in [-0.39, 0.29) is 0 Å². The van der Waals surface area contributed by atoms with Crippen LogP contribution in [0.1, 0.15) is 12.5 Å². The third-order valence-electron chi connectivity index (χ3n) is 2.51. The Labute approximate surface area is 117 Å². The van der Waals surface area contributed by atoms with Crippen LogP contribution in [0.5, 0.6) is 5.88 Å². The summed E-state index contributed by atoms with van der Waals surface area (Å²) in [6.45, 7) is 2.49. The summed E-state index contributed by atoms with van der Waals surface area (Å²) in [4.78, 5) is 8.38. The zero-order chi connectivity index (χ0) is 13.5. The van der Waals surface area contributed by atoms with E-state index in [0.29, 0.717) is 24.2 Å². The van der Waals surface area contributed by atoms with Crippen LogP contribution >= 0.6 is 11.6 Å². The highest BCUT2D eigenvalue weighted by Crippen LogP contribution is 2.17. The number of anilines is 2. The van der Waals surface area contributed by atoms with E-state index in [9.17, 15) is 0 Å². The number of aromatic nitrogens is 2. The van der Waals surface area contributed by atoms with Gasteiger partial charge in [0.05, 0.1) is 19.0 Å². The highest BCUT2D eigenvalue weighted by atomic mass is 35.5. The fourth-order valence-corrected chi connectivity index (χ4v) is 1.86. The predicted molar refractivity (Wildman–Crippen MR) is 77.3 cm³/mol. The lowest BCUT2D eigenvalue weighted by molar-refractivity contribution is 0.326. The van der Waals surface area contributed by atoms with Crippen LogP contribution in [0.25, 0.3) is 0 Å². The molecule has 0 radical (unpaired) electrons. The zero-order valence-corrected chi connectivity index (χ0v) is 11.5. The molecule has 1 N–H and O–H groups in total. The molecule has 0 spiro atoms. The molecule has 0 unspecified atom stereocenters. The quantitative estimate of drug-likeness (QED) is 0.822. The first kappa shape index (κ1) is 13.6.